The van der Waals surface area contributed by atoms with E-state index in [1.54, 1.807) is 24.3 Å². The molecule has 4 rings (SSSR count). The molecule has 4 aromatic rings. The molecule has 0 aliphatic heterocycles. The molecule has 1 heterocycles. The van der Waals surface area contributed by atoms with Gasteiger partial charge in [-0.15, -0.1) is 0 Å². The second-order valence-electron chi connectivity index (χ2n) is 12.5. The standard InChI is InChI=1S/C36H41N5O5/c1-22-14-16-26(33(44)41-36(2,3)4)25(18-22)20-31(42)29(19-23-10-6-5-7-11-23)39-35(46)30(21-32(37)43)40-34(45)28-17-15-24-12-8-9-13-27(24)38-28/h5-18,29-31,42H,19-21H2,1-4H3,(H2,37,43)(H,39,46)(H,40,45)(H,41,44)/t29-,30-,31+/m0/s1. The molecule has 0 aliphatic rings. The molecule has 1 aromatic heterocycles. The van der Waals surface area contributed by atoms with E-state index in [0.717, 1.165) is 16.5 Å². The van der Waals surface area contributed by atoms with Crippen LogP contribution in [0.15, 0.2) is 84.9 Å². The van der Waals surface area contributed by atoms with Crippen molar-refractivity contribution in [3.8, 4) is 0 Å². The largest absolute Gasteiger partial charge is 0.391 e. The summed E-state index contributed by atoms with van der Waals surface area (Å²) in [6, 6.07) is 23.1. The number of aryl methyl sites for hydroxylation is 1. The van der Waals surface area contributed by atoms with Gasteiger partial charge >= 0.3 is 0 Å². The van der Waals surface area contributed by atoms with Gasteiger partial charge in [0.15, 0.2) is 0 Å². The zero-order chi connectivity index (χ0) is 33.4. The number of primary amides is 1. The van der Waals surface area contributed by atoms with Crippen LogP contribution < -0.4 is 21.7 Å². The Morgan fingerprint density at radius 1 is 0.848 bits per heavy atom. The molecule has 0 saturated heterocycles. The lowest BCUT2D eigenvalue weighted by molar-refractivity contribution is -0.128. The van der Waals surface area contributed by atoms with Crippen LogP contribution in [0.4, 0.5) is 0 Å². The van der Waals surface area contributed by atoms with Crippen molar-refractivity contribution in [1.29, 1.82) is 0 Å². The summed E-state index contributed by atoms with van der Waals surface area (Å²) in [5, 5.41) is 20.8. The van der Waals surface area contributed by atoms with Crippen molar-refractivity contribution in [2.24, 2.45) is 5.73 Å². The van der Waals surface area contributed by atoms with Crippen molar-refractivity contribution in [2.45, 2.75) is 70.7 Å². The van der Waals surface area contributed by atoms with Crippen LogP contribution >= 0.6 is 0 Å². The number of aromatic nitrogens is 1. The van der Waals surface area contributed by atoms with Crippen LogP contribution in [0.1, 0.15) is 64.7 Å². The van der Waals surface area contributed by atoms with Crippen molar-refractivity contribution in [2.75, 3.05) is 0 Å². The molecular formula is C36H41N5O5. The lowest BCUT2D eigenvalue weighted by atomic mass is 9.92. The molecule has 0 aliphatic carbocycles. The van der Waals surface area contributed by atoms with E-state index in [2.05, 4.69) is 20.9 Å². The highest BCUT2D eigenvalue weighted by atomic mass is 16.3. The molecule has 4 amide bonds. The predicted octanol–water partition coefficient (Wildman–Crippen LogP) is 3.38. The lowest BCUT2D eigenvalue weighted by Crippen LogP contribution is -2.54. The Labute approximate surface area is 268 Å². The Morgan fingerprint density at radius 2 is 1.54 bits per heavy atom. The molecule has 6 N–H and O–H groups in total. The number of carbonyl (C=O) groups is 4. The van der Waals surface area contributed by atoms with Crippen LogP contribution in [0.5, 0.6) is 0 Å². The minimum Gasteiger partial charge on any atom is -0.391 e. The number of para-hydroxylation sites is 1. The molecule has 10 nitrogen and oxygen atoms in total. The van der Waals surface area contributed by atoms with Gasteiger partial charge < -0.3 is 26.8 Å². The zero-order valence-corrected chi connectivity index (χ0v) is 26.5. The van der Waals surface area contributed by atoms with Gasteiger partial charge in [0.25, 0.3) is 11.8 Å². The second-order valence-corrected chi connectivity index (χ2v) is 12.5. The molecule has 10 heteroatoms. The van der Waals surface area contributed by atoms with Crippen LogP contribution in [0.3, 0.4) is 0 Å². The van der Waals surface area contributed by atoms with E-state index in [9.17, 15) is 24.3 Å². The highest BCUT2D eigenvalue weighted by Gasteiger charge is 2.30. The van der Waals surface area contributed by atoms with E-state index in [1.165, 1.54) is 6.07 Å². The second kappa shape index (κ2) is 14.8. The summed E-state index contributed by atoms with van der Waals surface area (Å²) < 4.78 is 0. The molecule has 3 atom stereocenters. The molecule has 46 heavy (non-hydrogen) atoms. The highest BCUT2D eigenvalue weighted by molar-refractivity contribution is 5.99. The number of carbonyl (C=O) groups excluding carboxylic acids is 4. The molecule has 0 radical (unpaired) electrons. The van der Waals surface area contributed by atoms with Gasteiger partial charge in [0.05, 0.1) is 24.1 Å². The number of amides is 4. The summed E-state index contributed by atoms with van der Waals surface area (Å²) >= 11 is 0. The molecule has 0 unspecified atom stereocenters. The van der Waals surface area contributed by atoms with Gasteiger partial charge in [0.2, 0.25) is 11.8 Å². The molecule has 0 bridgehead atoms. The third kappa shape index (κ3) is 9.45. The van der Waals surface area contributed by atoms with E-state index in [0.29, 0.717) is 16.6 Å². The average Bonchev–Trinajstić information content (AvgIpc) is 2.99. The van der Waals surface area contributed by atoms with Gasteiger partial charge in [-0.1, -0.05) is 72.3 Å². The number of nitrogens with two attached hydrogens (primary N) is 1. The van der Waals surface area contributed by atoms with E-state index < -0.39 is 47.9 Å². The van der Waals surface area contributed by atoms with Crippen molar-refractivity contribution >= 4 is 34.5 Å². The first-order valence-electron chi connectivity index (χ1n) is 15.2. The smallest absolute Gasteiger partial charge is 0.270 e. The van der Waals surface area contributed by atoms with Gasteiger partial charge in [-0.3, -0.25) is 19.2 Å². The maximum atomic E-state index is 13.7. The number of hydrogen-bond donors (Lipinski definition) is 5. The summed E-state index contributed by atoms with van der Waals surface area (Å²) in [5.74, 6) is -2.41. The first-order chi connectivity index (χ1) is 21.8. The minimum atomic E-state index is -1.32. The number of fused-ring (bicyclic) bond motifs is 1. The van der Waals surface area contributed by atoms with Gasteiger partial charge in [-0.25, -0.2) is 4.98 Å². The maximum Gasteiger partial charge on any atom is 0.270 e. The number of pyridine rings is 1. The first kappa shape index (κ1) is 33.8. The van der Waals surface area contributed by atoms with Gasteiger partial charge in [0.1, 0.15) is 11.7 Å². The summed E-state index contributed by atoms with van der Waals surface area (Å²) in [4.78, 5) is 56.3. The van der Waals surface area contributed by atoms with Gasteiger partial charge in [0, 0.05) is 22.9 Å². The molecular weight excluding hydrogens is 582 g/mol. The fraction of sp³-hybridized carbons (Fsp3) is 0.306. The fourth-order valence-corrected chi connectivity index (χ4v) is 5.16. The Kier molecular flexibility index (Phi) is 10.9. The zero-order valence-electron chi connectivity index (χ0n) is 26.5. The molecule has 0 spiro atoms. The Morgan fingerprint density at radius 3 is 2.24 bits per heavy atom. The van der Waals surface area contributed by atoms with Crippen molar-refractivity contribution in [1.82, 2.24) is 20.9 Å². The van der Waals surface area contributed by atoms with E-state index in [4.69, 9.17) is 5.73 Å². The summed E-state index contributed by atoms with van der Waals surface area (Å²) in [6.07, 6.45) is -1.31. The minimum absolute atomic E-state index is 0.0558. The van der Waals surface area contributed by atoms with Crippen molar-refractivity contribution < 1.29 is 24.3 Å². The number of benzene rings is 3. The monoisotopic (exact) mass is 623 g/mol. The quantitative estimate of drug-likeness (QED) is 0.162. The SMILES string of the molecule is Cc1ccc(C(=O)NC(C)(C)C)c(C[C@@H](O)[C@H](Cc2ccccc2)NC(=O)[C@H](CC(N)=O)NC(=O)c2ccc3ccccc3n2)c1. The van der Waals surface area contributed by atoms with Crippen LogP contribution in [0.2, 0.25) is 0 Å². The van der Waals surface area contributed by atoms with E-state index in [-0.39, 0.29) is 24.4 Å². The summed E-state index contributed by atoms with van der Waals surface area (Å²) in [5.41, 5.74) is 8.46. The lowest BCUT2D eigenvalue weighted by Gasteiger charge is -2.28. The Hall–Kier alpha value is -5.09. The van der Waals surface area contributed by atoms with E-state index >= 15 is 0 Å². The predicted molar refractivity (Wildman–Crippen MR) is 177 cm³/mol. The Bertz CT molecular complexity index is 1720. The van der Waals surface area contributed by atoms with Crippen LogP contribution in [0.25, 0.3) is 10.9 Å². The topological polar surface area (TPSA) is 164 Å². The maximum absolute atomic E-state index is 13.7. The first-order valence-corrected chi connectivity index (χ1v) is 15.2. The normalized spacial score (nSPS) is 13.3. The van der Waals surface area contributed by atoms with Crippen LogP contribution in [-0.4, -0.2) is 57.4 Å². The summed E-state index contributed by atoms with van der Waals surface area (Å²) in [6.45, 7) is 7.55. The van der Waals surface area contributed by atoms with Crippen LogP contribution in [-0.2, 0) is 22.4 Å². The highest BCUT2D eigenvalue weighted by Crippen LogP contribution is 2.19. The fourth-order valence-electron chi connectivity index (χ4n) is 5.16. The number of hydrogen-bond acceptors (Lipinski definition) is 6. The average molecular weight is 624 g/mol. The number of aliphatic hydroxyl groups is 1. The number of nitrogens with one attached hydrogen (secondary N) is 3. The summed E-state index contributed by atoms with van der Waals surface area (Å²) in [7, 11) is 0. The van der Waals surface area contributed by atoms with Gasteiger partial charge in [-0.2, -0.15) is 0 Å². The van der Waals surface area contributed by atoms with Crippen molar-refractivity contribution in [3.63, 3.8) is 0 Å². The van der Waals surface area contributed by atoms with Crippen LogP contribution in [0, 0.1) is 6.92 Å². The van der Waals surface area contributed by atoms with Gasteiger partial charge in [-0.05, 0) is 63.4 Å². The third-order valence-corrected chi connectivity index (χ3v) is 7.37. The molecule has 0 fully saturated rings. The Balaban J connectivity index is 1.58. The third-order valence-electron chi connectivity index (χ3n) is 7.37. The number of rotatable bonds is 12. The van der Waals surface area contributed by atoms with E-state index in [1.807, 2.05) is 82.3 Å². The number of nitrogens with zero attached hydrogens (tertiary/aromatic N) is 1. The molecule has 240 valence electrons. The molecule has 3 aromatic carbocycles. The number of aliphatic hydroxyl groups excluding tert-OH is 1. The molecule has 0 saturated carbocycles. The van der Waals surface area contributed by atoms with Crippen molar-refractivity contribution in [3.05, 3.63) is 113 Å².